The second-order valence-electron chi connectivity index (χ2n) is 9.31. The van der Waals surface area contributed by atoms with E-state index in [4.69, 9.17) is 4.74 Å². The van der Waals surface area contributed by atoms with Gasteiger partial charge in [0.25, 0.3) is 0 Å². The number of benzene rings is 4. The van der Waals surface area contributed by atoms with E-state index in [-0.39, 0.29) is 34.2 Å². The van der Waals surface area contributed by atoms with Crippen molar-refractivity contribution in [1.29, 1.82) is 0 Å². The highest BCUT2D eigenvalue weighted by molar-refractivity contribution is 6.30. The van der Waals surface area contributed by atoms with E-state index in [2.05, 4.69) is 0 Å². The number of aromatic hydroxyl groups is 2. The van der Waals surface area contributed by atoms with Crippen LogP contribution in [0.25, 0.3) is 0 Å². The molecule has 0 fully saturated rings. The number of phenols is 2. The summed E-state index contributed by atoms with van der Waals surface area (Å²) in [4.78, 5) is 41.5. The second kappa shape index (κ2) is 9.86. The molecule has 2 N–H and O–H groups in total. The van der Waals surface area contributed by atoms with E-state index in [9.17, 15) is 24.6 Å². The Kier molecular flexibility index (Phi) is 6.43. The monoisotopic (exact) mass is 507 g/mol. The highest BCUT2D eigenvalue weighted by Crippen LogP contribution is 2.44. The Morgan fingerprint density at radius 3 is 2.00 bits per heavy atom. The summed E-state index contributed by atoms with van der Waals surface area (Å²) in [6, 6.07) is 23.6. The van der Waals surface area contributed by atoms with Crippen LogP contribution >= 0.6 is 0 Å². The van der Waals surface area contributed by atoms with Crippen LogP contribution in [-0.2, 0) is 16.0 Å². The molecule has 1 atom stereocenters. The number of hydrogen-bond acceptors (Lipinski definition) is 7. The molecule has 4 aromatic carbocycles. The number of carbonyl (C=O) groups is 3. The SMILES string of the molecule is CN(C)c1ccc(CC(=O)OC(c2ccccc2)c2cc(O)c3c(c2O)C(=O)c2ccccc2C3=O)cc1. The van der Waals surface area contributed by atoms with Crippen LogP contribution in [0.3, 0.4) is 0 Å². The smallest absolute Gasteiger partial charge is 0.311 e. The first-order valence-electron chi connectivity index (χ1n) is 12.0. The quantitative estimate of drug-likeness (QED) is 0.251. The zero-order valence-electron chi connectivity index (χ0n) is 20.8. The molecule has 7 nitrogen and oxygen atoms in total. The van der Waals surface area contributed by atoms with Gasteiger partial charge in [-0.25, -0.2) is 0 Å². The number of rotatable bonds is 6. The standard InChI is InChI=1S/C31H25NO6/c1-32(2)20-14-12-18(13-15-20)16-25(34)38-31(19-8-4-3-5-9-19)23-17-24(33)26-27(30(23)37)29(36)22-11-7-6-10-21(22)28(26)35/h3-15,17,31,33,37H,16H2,1-2H3. The van der Waals surface area contributed by atoms with Gasteiger partial charge in [-0.3, -0.25) is 14.4 Å². The van der Waals surface area contributed by atoms with Gasteiger partial charge in [-0.05, 0) is 29.3 Å². The van der Waals surface area contributed by atoms with Crippen molar-refractivity contribution in [2.45, 2.75) is 12.5 Å². The van der Waals surface area contributed by atoms with Crippen LogP contribution < -0.4 is 4.90 Å². The lowest BCUT2D eigenvalue weighted by Crippen LogP contribution is -2.22. The van der Waals surface area contributed by atoms with Gasteiger partial charge < -0.3 is 19.8 Å². The number of esters is 1. The van der Waals surface area contributed by atoms with Gasteiger partial charge in [0.05, 0.1) is 17.5 Å². The van der Waals surface area contributed by atoms with Crippen molar-refractivity contribution in [3.05, 3.63) is 124 Å². The Hall–Kier alpha value is -4.91. The number of ether oxygens (including phenoxy) is 1. The van der Waals surface area contributed by atoms with Crippen molar-refractivity contribution in [1.82, 2.24) is 0 Å². The largest absolute Gasteiger partial charge is 0.507 e. The van der Waals surface area contributed by atoms with Crippen LogP contribution in [0, 0.1) is 0 Å². The summed E-state index contributed by atoms with van der Waals surface area (Å²) in [6.45, 7) is 0. The van der Waals surface area contributed by atoms with Crippen LogP contribution in [0.15, 0.2) is 84.9 Å². The number of fused-ring (bicyclic) bond motifs is 2. The summed E-state index contributed by atoms with van der Waals surface area (Å²) in [5.74, 6) is -2.71. The first-order chi connectivity index (χ1) is 18.3. The zero-order valence-corrected chi connectivity index (χ0v) is 20.8. The van der Waals surface area contributed by atoms with Gasteiger partial charge in [-0.15, -0.1) is 0 Å². The average molecular weight is 508 g/mol. The Morgan fingerprint density at radius 2 is 1.39 bits per heavy atom. The van der Waals surface area contributed by atoms with Crippen LogP contribution in [0.1, 0.15) is 54.6 Å². The van der Waals surface area contributed by atoms with Gasteiger partial charge in [0.15, 0.2) is 17.7 Å². The molecule has 0 radical (unpaired) electrons. The minimum atomic E-state index is -1.14. The molecule has 0 bridgehead atoms. The molecule has 190 valence electrons. The highest BCUT2D eigenvalue weighted by Gasteiger charge is 2.37. The van der Waals surface area contributed by atoms with E-state index in [0.717, 1.165) is 11.3 Å². The van der Waals surface area contributed by atoms with Crippen LogP contribution in [0.4, 0.5) is 5.69 Å². The molecule has 7 heteroatoms. The molecule has 4 aromatic rings. The van der Waals surface area contributed by atoms with Gasteiger partial charge in [0.1, 0.15) is 11.5 Å². The molecular formula is C31H25NO6. The van der Waals surface area contributed by atoms with Crippen LogP contribution in [0.2, 0.25) is 0 Å². The van der Waals surface area contributed by atoms with Crippen molar-refractivity contribution in [2.75, 3.05) is 19.0 Å². The van der Waals surface area contributed by atoms with E-state index < -0.39 is 35.1 Å². The third kappa shape index (κ3) is 4.39. The van der Waals surface area contributed by atoms with Crippen molar-refractivity contribution in [3.63, 3.8) is 0 Å². The maximum atomic E-state index is 13.3. The molecule has 1 aliphatic rings. The molecule has 1 aliphatic carbocycles. The normalized spacial score (nSPS) is 12.9. The minimum Gasteiger partial charge on any atom is -0.507 e. The molecule has 0 saturated carbocycles. The topological polar surface area (TPSA) is 104 Å². The lowest BCUT2D eigenvalue weighted by atomic mass is 9.81. The van der Waals surface area contributed by atoms with Gasteiger partial charge in [-0.2, -0.15) is 0 Å². The molecule has 38 heavy (non-hydrogen) atoms. The van der Waals surface area contributed by atoms with E-state index in [0.29, 0.717) is 5.56 Å². The van der Waals surface area contributed by atoms with Crippen molar-refractivity contribution in [2.24, 2.45) is 0 Å². The number of ketones is 2. The summed E-state index contributed by atoms with van der Waals surface area (Å²) < 4.78 is 5.85. The lowest BCUT2D eigenvalue weighted by Gasteiger charge is -2.25. The fourth-order valence-corrected chi connectivity index (χ4v) is 4.67. The van der Waals surface area contributed by atoms with Gasteiger partial charge in [0.2, 0.25) is 0 Å². The molecule has 0 saturated heterocycles. The maximum absolute atomic E-state index is 13.3. The molecule has 0 aliphatic heterocycles. The second-order valence-corrected chi connectivity index (χ2v) is 9.31. The summed E-state index contributed by atoms with van der Waals surface area (Å²) in [7, 11) is 3.84. The number of hydrogen-bond donors (Lipinski definition) is 2. The highest BCUT2D eigenvalue weighted by atomic mass is 16.5. The Balaban J connectivity index is 1.54. The van der Waals surface area contributed by atoms with Gasteiger partial charge >= 0.3 is 5.97 Å². The van der Waals surface area contributed by atoms with E-state index in [1.165, 1.54) is 18.2 Å². The summed E-state index contributed by atoms with van der Waals surface area (Å²) in [5, 5.41) is 22.2. The molecule has 5 rings (SSSR count). The van der Waals surface area contributed by atoms with Crippen molar-refractivity contribution < 1.29 is 29.3 Å². The fraction of sp³-hybridized carbons (Fsp3) is 0.129. The molecule has 0 amide bonds. The predicted molar refractivity (Wildman–Crippen MR) is 142 cm³/mol. The van der Waals surface area contributed by atoms with Gasteiger partial charge in [0, 0.05) is 36.5 Å². The fourth-order valence-electron chi connectivity index (χ4n) is 4.67. The number of anilines is 1. The minimum absolute atomic E-state index is 0.00397. The number of nitrogens with zero attached hydrogens (tertiary/aromatic N) is 1. The summed E-state index contributed by atoms with van der Waals surface area (Å²) >= 11 is 0. The van der Waals surface area contributed by atoms with Crippen LogP contribution in [-0.4, -0.2) is 41.8 Å². The summed E-state index contributed by atoms with van der Waals surface area (Å²) in [6.07, 6.45) is -1.17. The van der Waals surface area contributed by atoms with Crippen LogP contribution in [0.5, 0.6) is 11.5 Å². The summed E-state index contributed by atoms with van der Waals surface area (Å²) in [5.41, 5.74) is 1.96. The molecular weight excluding hydrogens is 482 g/mol. The Bertz CT molecular complexity index is 1560. The molecule has 0 aromatic heterocycles. The van der Waals surface area contributed by atoms with E-state index >= 15 is 0 Å². The maximum Gasteiger partial charge on any atom is 0.311 e. The zero-order chi connectivity index (χ0) is 27.0. The van der Waals surface area contributed by atoms with Crippen molar-refractivity contribution in [3.8, 4) is 11.5 Å². The Morgan fingerprint density at radius 1 is 0.816 bits per heavy atom. The lowest BCUT2D eigenvalue weighted by molar-refractivity contribution is -0.146. The predicted octanol–water partition coefficient (Wildman–Crippen LogP) is 4.81. The third-order valence-electron chi connectivity index (χ3n) is 6.61. The number of carbonyl (C=O) groups excluding carboxylic acids is 3. The third-order valence-corrected chi connectivity index (χ3v) is 6.61. The van der Waals surface area contributed by atoms with E-state index in [1.54, 1.807) is 42.5 Å². The van der Waals surface area contributed by atoms with E-state index in [1.807, 2.05) is 43.3 Å². The first-order valence-corrected chi connectivity index (χ1v) is 12.0. The first kappa shape index (κ1) is 24.8. The van der Waals surface area contributed by atoms with Gasteiger partial charge in [-0.1, -0.05) is 66.7 Å². The van der Waals surface area contributed by atoms with Crippen molar-refractivity contribution >= 4 is 23.2 Å². The Labute approximate surface area is 219 Å². The average Bonchev–Trinajstić information content (AvgIpc) is 2.92. The molecule has 0 heterocycles. The molecule has 0 spiro atoms. The molecule has 1 unspecified atom stereocenters. The number of phenolic OH excluding ortho intramolecular Hbond substituents is 2.